The molecule has 1 aromatic rings. The number of benzene rings is 1. The maximum atomic E-state index is 13.2. The Hall–Kier alpha value is -0.360. The van der Waals surface area contributed by atoms with Crippen LogP contribution in [0, 0.1) is 5.82 Å². The van der Waals surface area contributed by atoms with Gasteiger partial charge in [0.15, 0.2) is 11.6 Å². The molecular formula is C9H12BrClFNO2. The quantitative estimate of drug-likeness (QED) is 0.801. The lowest BCUT2D eigenvalue weighted by Gasteiger charge is -2.13. The van der Waals surface area contributed by atoms with Crippen LogP contribution >= 0.6 is 28.3 Å². The van der Waals surface area contributed by atoms with Gasteiger partial charge >= 0.3 is 0 Å². The van der Waals surface area contributed by atoms with Crippen molar-refractivity contribution >= 4 is 28.3 Å². The Morgan fingerprint density at radius 3 is 2.60 bits per heavy atom. The SMILES string of the molecule is Cl.N[C@H](CCO)c1ccc(Br)c(F)c1O. The van der Waals surface area contributed by atoms with Crippen LogP contribution in [0.2, 0.25) is 0 Å². The number of rotatable bonds is 3. The van der Waals surface area contributed by atoms with Crippen molar-refractivity contribution < 1.29 is 14.6 Å². The molecule has 1 aromatic carbocycles. The van der Waals surface area contributed by atoms with E-state index in [1.165, 1.54) is 12.1 Å². The first-order chi connectivity index (χ1) is 6.57. The van der Waals surface area contributed by atoms with Gasteiger partial charge in [0.05, 0.1) is 4.47 Å². The smallest absolute Gasteiger partial charge is 0.179 e. The van der Waals surface area contributed by atoms with E-state index >= 15 is 0 Å². The van der Waals surface area contributed by atoms with E-state index < -0.39 is 17.6 Å². The predicted octanol–water partition coefficient (Wildman–Crippen LogP) is 2.10. The van der Waals surface area contributed by atoms with E-state index in [9.17, 15) is 9.50 Å². The molecule has 1 rings (SSSR count). The van der Waals surface area contributed by atoms with Crippen LogP contribution in [0.4, 0.5) is 4.39 Å². The Labute approximate surface area is 102 Å². The Morgan fingerprint density at radius 2 is 2.07 bits per heavy atom. The van der Waals surface area contributed by atoms with Crippen molar-refractivity contribution in [3.05, 3.63) is 28.0 Å². The van der Waals surface area contributed by atoms with Gasteiger partial charge in [-0.05, 0) is 28.4 Å². The number of halogens is 3. The number of aliphatic hydroxyl groups is 1. The Morgan fingerprint density at radius 1 is 1.47 bits per heavy atom. The average Bonchev–Trinajstić information content (AvgIpc) is 2.15. The molecule has 0 amide bonds. The molecule has 15 heavy (non-hydrogen) atoms. The number of phenolic OH excluding ortho intramolecular Hbond substituents is 1. The summed E-state index contributed by atoms with van der Waals surface area (Å²) in [5.41, 5.74) is 5.93. The standard InChI is InChI=1S/C9H11BrFNO2.ClH/c10-6-2-1-5(7(12)3-4-13)9(14)8(6)11;/h1-2,7,13-14H,3-4,12H2;1H/t7-;/m1./s1. The summed E-state index contributed by atoms with van der Waals surface area (Å²) in [5, 5.41) is 18.1. The molecule has 1 atom stereocenters. The zero-order valence-corrected chi connectivity index (χ0v) is 10.2. The topological polar surface area (TPSA) is 66.5 Å². The molecular weight excluding hydrogens is 288 g/mol. The van der Waals surface area contributed by atoms with E-state index in [4.69, 9.17) is 10.8 Å². The lowest BCUT2D eigenvalue weighted by atomic mass is 10.0. The number of aromatic hydroxyl groups is 1. The van der Waals surface area contributed by atoms with Crippen LogP contribution < -0.4 is 5.73 Å². The second kappa shape index (κ2) is 6.27. The zero-order valence-electron chi connectivity index (χ0n) is 7.78. The monoisotopic (exact) mass is 299 g/mol. The third kappa shape index (κ3) is 3.31. The van der Waals surface area contributed by atoms with Gasteiger partial charge in [0.25, 0.3) is 0 Å². The first-order valence-corrected chi connectivity index (χ1v) is 4.90. The van der Waals surface area contributed by atoms with Crippen LogP contribution in [0.1, 0.15) is 18.0 Å². The van der Waals surface area contributed by atoms with Gasteiger partial charge in [-0.2, -0.15) is 0 Å². The Bertz CT molecular complexity index is 338. The van der Waals surface area contributed by atoms with Gasteiger partial charge in [-0.1, -0.05) is 6.07 Å². The maximum Gasteiger partial charge on any atom is 0.179 e. The van der Waals surface area contributed by atoms with Crippen molar-refractivity contribution in [2.24, 2.45) is 5.73 Å². The lowest BCUT2D eigenvalue weighted by Crippen LogP contribution is -2.12. The van der Waals surface area contributed by atoms with Gasteiger partial charge in [0.1, 0.15) is 0 Å². The first kappa shape index (κ1) is 14.6. The van der Waals surface area contributed by atoms with Crippen LogP contribution in [0.25, 0.3) is 0 Å². The second-order valence-corrected chi connectivity index (χ2v) is 3.77. The Balaban J connectivity index is 0.00000196. The largest absolute Gasteiger partial charge is 0.505 e. The fraction of sp³-hybridized carbons (Fsp3) is 0.333. The number of aliphatic hydroxyl groups excluding tert-OH is 1. The van der Waals surface area contributed by atoms with Crippen molar-refractivity contribution in [2.45, 2.75) is 12.5 Å². The maximum absolute atomic E-state index is 13.2. The highest BCUT2D eigenvalue weighted by Gasteiger charge is 2.15. The van der Waals surface area contributed by atoms with Gasteiger partial charge in [0.2, 0.25) is 0 Å². The highest BCUT2D eigenvalue weighted by molar-refractivity contribution is 9.10. The van der Waals surface area contributed by atoms with Gasteiger partial charge in [0, 0.05) is 18.2 Å². The third-order valence-corrected chi connectivity index (χ3v) is 2.55. The summed E-state index contributed by atoms with van der Waals surface area (Å²) in [5.74, 6) is -1.18. The van der Waals surface area contributed by atoms with Crippen LogP contribution in [0.3, 0.4) is 0 Å². The first-order valence-electron chi connectivity index (χ1n) is 4.11. The molecule has 4 N–H and O–H groups in total. The molecule has 0 aliphatic rings. The van der Waals surface area contributed by atoms with Crippen LogP contribution in [-0.2, 0) is 0 Å². The minimum atomic E-state index is -0.726. The minimum absolute atomic E-state index is 0. The zero-order chi connectivity index (χ0) is 10.7. The van der Waals surface area contributed by atoms with E-state index in [1.54, 1.807) is 0 Å². The molecule has 0 radical (unpaired) electrons. The summed E-state index contributed by atoms with van der Waals surface area (Å²) in [7, 11) is 0. The van der Waals surface area contributed by atoms with Crippen molar-refractivity contribution in [3.63, 3.8) is 0 Å². The van der Waals surface area contributed by atoms with Crippen LogP contribution in [-0.4, -0.2) is 16.8 Å². The molecule has 0 bridgehead atoms. The molecule has 0 unspecified atom stereocenters. The summed E-state index contributed by atoms with van der Waals surface area (Å²) in [6, 6.07) is 2.45. The molecule has 0 saturated heterocycles. The fourth-order valence-corrected chi connectivity index (χ4v) is 1.47. The molecule has 0 aromatic heterocycles. The molecule has 3 nitrogen and oxygen atoms in total. The minimum Gasteiger partial charge on any atom is -0.505 e. The highest BCUT2D eigenvalue weighted by atomic mass is 79.9. The van der Waals surface area contributed by atoms with Crippen LogP contribution in [0.15, 0.2) is 16.6 Å². The molecule has 0 aliphatic heterocycles. The van der Waals surface area contributed by atoms with Crippen molar-refractivity contribution in [2.75, 3.05) is 6.61 Å². The molecule has 0 fully saturated rings. The molecule has 0 aliphatic carbocycles. The highest BCUT2D eigenvalue weighted by Crippen LogP contribution is 2.31. The van der Waals surface area contributed by atoms with E-state index in [1.807, 2.05) is 0 Å². The summed E-state index contributed by atoms with van der Waals surface area (Å²) in [4.78, 5) is 0. The number of phenols is 1. The summed E-state index contributed by atoms with van der Waals surface area (Å²) in [6.07, 6.45) is 0.286. The average molecular weight is 301 g/mol. The van der Waals surface area contributed by atoms with Gasteiger partial charge < -0.3 is 15.9 Å². The van der Waals surface area contributed by atoms with Crippen molar-refractivity contribution in [3.8, 4) is 5.75 Å². The third-order valence-electron chi connectivity index (χ3n) is 1.94. The molecule has 86 valence electrons. The molecule has 6 heteroatoms. The van der Waals surface area contributed by atoms with Gasteiger partial charge in [-0.3, -0.25) is 0 Å². The summed E-state index contributed by atoms with van der Waals surface area (Å²) in [6.45, 7) is -0.0989. The Kier molecular flexibility index (Phi) is 6.12. The normalized spacial score (nSPS) is 12.0. The summed E-state index contributed by atoms with van der Waals surface area (Å²) >= 11 is 2.94. The molecule has 0 saturated carbocycles. The van der Waals surface area contributed by atoms with Crippen LogP contribution in [0.5, 0.6) is 5.75 Å². The van der Waals surface area contributed by atoms with Gasteiger partial charge in [-0.25, -0.2) is 4.39 Å². The summed E-state index contributed by atoms with van der Waals surface area (Å²) < 4.78 is 13.4. The predicted molar refractivity (Wildman–Crippen MR) is 61.6 cm³/mol. The van der Waals surface area contributed by atoms with Crippen molar-refractivity contribution in [1.82, 2.24) is 0 Å². The fourth-order valence-electron chi connectivity index (χ4n) is 1.15. The van der Waals surface area contributed by atoms with Gasteiger partial charge in [-0.15, -0.1) is 12.4 Å². The number of hydrogen-bond acceptors (Lipinski definition) is 3. The molecule has 0 spiro atoms. The van der Waals surface area contributed by atoms with Crippen molar-refractivity contribution in [1.29, 1.82) is 0 Å². The number of hydrogen-bond donors (Lipinski definition) is 3. The number of nitrogens with two attached hydrogens (primary N) is 1. The lowest BCUT2D eigenvalue weighted by molar-refractivity contribution is 0.275. The van der Waals surface area contributed by atoms with E-state index in [0.29, 0.717) is 5.56 Å². The van der Waals surface area contributed by atoms with E-state index in [-0.39, 0.29) is 29.9 Å². The van der Waals surface area contributed by atoms with E-state index in [0.717, 1.165) is 0 Å². The second-order valence-electron chi connectivity index (χ2n) is 2.92. The molecule has 0 heterocycles. The van der Waals surface area contributed by atoms with E-state index in [2.05, 4.69) is 15.9 Å².